The maximum atomic E-state index is 12.0. The van der Waals surface area contributed by atoms with Crippen molar-refractivity contribution < 1.29 is 9.53 Å². The van der Waals surface area contributed by atoms with Crippen LogP contribution in [0.5, 0.6) is 0 Å². The third-order valence-corrected chi connectivity index (χ3v) is 5.99. The predicted octanol–water partition coefficient (Wildman–Crippen LogP) is 1.48. The summed E-state index contributed by atoms with van der Waals surface area (Å²) in [4.78, 5) is 23.2. The minimum atomic E-state index is 0. The van der Waals surface area contributed by atoms with E-state index in [9.17, 15) is 4.79 Å². The lowest BCUT2D eigenvalue weighted by Crippen LogP contribution is -2.43. The van der Waals surface area contributed by atoms with Crippen LogP contribution in [0, 0.1) is 11.8 Å². The molecule has 0 bridgehead atoms. The van der Waals surface area contributed by atoms with Crippen molar-refractivity contribution >= 4 is 35.8 Å². The zero-order valence-corrected chi connectivity index (χ0v) is 19.9. The summed E-state index contributed by atoms with van der Waals surface area (Å²) in [5.41, 5.74) is 0. The summed E-state index contributed by atoms with van der Waals surface area (Å²) in [6.45, 7) is 8.57. The van der Waals surface area contributed by atoms with Crippen LogP contribution < -0.4 is 5.32 Å². The fraction of sp³-hybridized carbons (Fsp3) is 0.900. The molecule has 3 aliphatic rings. The van der Waals surface area contributed by atoms with Gasteiger partial charge in [-0.25, -0.2) is 4.99 Å². The van der Waals surface area contributed by atoms with Gasteiger partial charge in [0.05, 0.1) is 6.61 Å². The number of hydrogen-bond donors (Lipinski definition) is 1. The van der Waals surface area contributed by atoms with E-state index in [-0.39, 0.29) is 36.4 Å². The zero-order valence-electron chi connectivity index (χ0n) is 17.6. The van der Waals surface area contributed by atoms with Gasteiger partial charge in [0.25, 0.3) is 0 Å². The van der Waals surface area contributed by atoms with Crippen molar-refractivity contribution in [2.24, 2.45) is 16.8 Å². The molecule has 0 spiro atoms. The minimum absolute atomic E-state index is 0. The van der Waals surface area contributed by atoms with Gasteiger partial charge in [-0.3, -0.25) is 4.79 Å². The maximum absolute atomic E-state index is 12.0. The summed E-state index contributed by atoms with van der Waals surface area (Å²) in [5, 5.41) is 3.53. The number of likely N-dealkylation sites (tertiary alicyclic amines) is 2. The van der Waals surface area contributed by atoms with Crippen LogP contribution in [-0.2, 0) is 9.53 Å². The molecular formula is C20H38IN5O2. The second-order valence-corrected chi connectivity index (χ2v) is 8.50. The van der Waals surface area contributed by atoms with Crippen molar-refractivity contribution in [3.63, 3.8) is 0 Å². The minimum Gasteiger partial charge on any atom is -0.381 e. The number of carbonyl (C=O) groups is 1. The molecule has 0 radical (unpaired) electrons. The Balaban J connectivity index is 0.00000280. The molecule has 0 aromatic heterocycles. The van der Waals surface area contributed by atoms with Crippen LogP contribution in [-0.4, -0.2) is 99.7 Å². The Morgan fingerprint density at radius 3 is 2.61 bits per heavy atom. The number of carbonyl (C=O) groups excluding carboxylic acids is 1. The fourth-order valence-corrected chi connectivity index (χ4v) is 4.21. The monoisotopic (exact) mass is 507 g/mol. The van der Waals surface area contributed by atoms with E-state index < -0.39 is 0 Å². The van der Waals surface area contributed by atoms with Crippen molar-refractivity contribution in [1.29, 1.82) is 0 Å². The van der Waals surface area contributed by atoms with E-state index in [0.717, 1.165) is 45.2 Å². The molecule has 8 heteroatoms. The summed E-state index contributed by atoms with van der Waals surface area (Å²) >= 11 is 0. The molecule has 0 aromatic carbocycles. The van der Waals surface area contributed by atoms with Crippen LogP contribution >= 0.6 is 24.0 Å². The Labute approximate surface area is 187 Å². The average Bonchev–Trinajstić information content (AvgIpc) is 3.34. The van der Waals surface area contributed by atoms with Crippen LogP contribution in [0.3, 0.4) is 0 Å². The second-order valence-electron chi connectivity index (χ2n) is 8.50. The largest absolute Gasteiger partial charge is 0.381 e. The molecular weight excluding hydrogens is 469 g/mol. The number of hydrogen-bond acceptors (Lipinski definition) is 4. The maximum Gasteiger partial charge on any atom is 0.243 e. The third kappa shape index (κ3) is 7.33. The van der Waals surface area contributed by atoms with Crippen LogP contribution in [0.25, 0.3) is 0 Å². The first-order valence-corrected chi connectivity index (χ1v) is 10.7. The number of nitrogens with zero attached hydrogens (tertiary/aromatic N) is 4. The standard InChI is InChI=1S/C20H37N5O2.HI/c1-23(2)19(26)13-22-20(21-12-17-7-11-27-16-17)25-10-6-18(15-25)14-24-8-4-3-5-9-24;/h17-18H,3-16H2,1-2H3,(H,21,22);1H. The predicted molar refractivity (Wildman–Crippen MR) is 123 cm³/mol. The number of piperidine rings is 1. The quantitative estimate of drug-likeness (QED) is 0.336. The lowest BCUT2D eigenvalue weighted by Gasteiger charge is -2.29. The molecule has 3 fully saturated rings. The number of ether oxygens (including phenoxy) is 1. The van der Waals surface area contributed by atoms with Gasteiger partial charge in [-0.2, -0.15) is 0 Å². The molecule has 0 saturated carbocycles. The normalized spacial score (nSPS) is 26.2. The molecule has 3 heterocycles. The highest BCUT2D eigenvalue weighted by atomic mass is 127. The van der Waals surface area contributed by atoms with E-state index in [1.165, 1.54) is 45.3 Å². The highest BCUT2D eigenvalue weighted by molar-refractivity contribution is 14.0. The molecule has 2 atom stereocenters. The van der Waals surface area contributed by atoms with E-state index in [1.54, 1.807) is 19.0 Å². The molecule has 3 saturated heterocycles. The smallest absolute Gasteiger partial charge is 0.243 e. The Bertz CT molecular complexity index is 505. The van der Waals surface area contributed by atoms with Gasteiger partial charge in [-0.05, 0) is 44.7 Å². The van der Waals surface area contributed by atoms with Gasteiger partial charge in [0.2, 0.25) is 5.91 Å². The van der Waals surface area contributed by atoms with Gasteiger partial charge in [0.1, 0.15) is 6.54 Å². The molecule has 0 aromatic rings. The topological polar surface area (TPSA) is 60.4 Å². The zero-order chi connectivity index (χ0) is 19.1. The summed E-state index contributed by atoms with van der Waals surface area (Å²) in [5.74, 6) is 2.20. The van der Waals surface area contributed by atoms with E-state index in [4.69, 9.17) is 4.74 Å². The molecule has 0 aliphatic carbocycles. The molecule has 7 nitrogen and oxygen atoms in total. The van der Waals surface area contributed by atoms with E-state index >= 15 is 0 Å². The van der Waals surface area contributed by atoms with E-state index in [2.05, 4.69) is 20.1 Å². The van der Waals surface area contributed by atoms with E-state index in [1.807, 2.05) is 0 Å². The van der Waals surface area contributed by atoms with Crippen molar-refractivity contribution in [3.8, 4) is 0 Å². The highest BCUT2D eigenvalue weighted by Gasteiger charge is 2.28. The lowest BCUT2D eigenvalue weighted by molar-refractivity contribution is -0.127. The number of likely N-dealkylation sites (N-methyl/N-ethyl adjacent to an activating group) is 1. The summed E-state index contributed by atoms with van der Waals surface area (Å²) in [7, 11) is 3.57. The summed E-state index contributed by atoms with van der Waals surface area (Å²) in [6, 6.07) is 0. The first-order chi connectivity index (χ1) is 13.1. The third-order valence-electron chi connectivity index (χ3n) is 5.99. The second kappa shape index (κ2) is 12.2. The number of guanidine groups is 1. The van der Waals surface area contributed by atoms with E-state index in [0.29, 0.717) is 11.8 Å². The van der Waals surface area contributed by atoms with Gasteiger partial charge >= 0.3 is 0 Å². The summed E-state index contributed by atoms with van der Waals surface area (Å²) < 4.78 is 5.49. The highest BCUT2D eigenvalue weighted by Crippen LogP contribution is 2.20. The number of halogens is 1. The van der Waals surface area contributed by atoms with Crippen LogP contribution in [0.15, 0.2) is 4.99 Å². The van der Waals surface area contributed by atoms with Gasteiger partial charge in [-0.1, -0.05) is 6.42 Å². The molecule has 1 N–H and O–H groups in total. The molecule has 3 aliphatic heterocycles. The Morgan fingerprint density at radius 1 is 1.14 bits per heavy atom. The molecule has 1 amide bonds. The van der Waals surface area contributed by atoms with Gasteiger partial charge in [0.15, 0.2) is 5.96 Å². The molecule has 3 rings (SSSR count). The first-order valence-electron chi connectivity index (χ1n) is 10.7. The van der Waals surface area contributed by atoms with Crippen molar-refractivity contribution in [2.75, 3.05) is 73.1 Å². The number of aliphatic imine (C=N–C) groups is 1. The van der Waals surface area contributed by atoms with Gasteiger partial charge in [0, 0.05) is 52.8 Å². The average molecular weight is 507 g/mol. The van der Waals surface area contributed by atoms with Gasteiger partial charge < -0.3 is 24.8 Å². The van der Waals surface area contributed by atoms with Gasteiger partial charge in [-0.15, -0.1) is 24.0 Å². The first kappa shape index (κ1) is 23.7. The fourth-order valence-electron chi connectivity index (χ4n) is 4.21. The molecule has 2 unspecified atom stereocenters. The van der Waals surface area contributed by atoms with Crippen LogP contribution in [0.2, 0.25) is 0 Å². The van der Waals surface area contributed by atoms with Crippen molar-refractivity contribution in [2.45, 2.75) is 32.1 Å². The summed E-state index contributed by atoms with van der Waals surface area (Å²) in [6.07, 6.45) is 6.40. The molecule has 28 heavy (non-hydrogen) atoms. The number of rotatable bonds is 6. The van der Waals surface area contributed by atoms with Crippen LogP contribution in [0.1, 0.15) is 32.1 Å². The van der Waals surface area contributed by atoms with Crippen molar-refractivity contribution in [3.05, 3.63) is 0 Å². The number of amides is 1. The van der Waals surface area contributed by atoms with Crippen molar-refractivity contribution in [1.82, 2.24) is 20.0 Å². The Kier molecular flexibility index (Phi) is 10.3. The Morgan fingerprint density at radius 2 is 1.93 bits per heavy atom. The Hall–Kier alpha value is -0.610. The lowest BCUT2D eigenvalue weighted by atomic mass is 10.1. The van der Waals surface area contributed by atoms with Crippen LogP contribution in [0.4, 0.5) is 0 Å². The number of nitrogens with one attached hydrogen (secondary N) is 1. The molecule has 162 valence electrons. The SMILES string of the molecule is CN(C)C(=O)CN=C(NCC1CCOC1)N1CCC(CN2CCCCC2)C1.I.